The molecule has 0 spiro atoms. The third kappa shape index (κ3) is 2.11. The Morgan fingerprint density at radius 2 is 1.95 bits per heavy atom. The fourth-order valence-corrected chi connectivity index (χ4v) is 3.11. The van der Waals surface area contributed by atoms with Gasteiger partial charge in [0, 0.05) is 17.9 Å². The first-order valence-electron chi connectivity index (χ1n) is 6.97. The lowest BCUT2D eigenvalue weighted by atomic mass is 9.91. The molecule has 0 aromatic heterocycles. The number of fused-ring (bicyclic) bond motifs is 1. The van der Waals surface area contributed by atoms with Gasteiger partial charge in [0.25, 0.3) is 0 Å². The number of hydrogen-bond acceptors (Lipinski definition) is 3. The van der Waals surface area contributed by atoms with Gasteiger partial charge in [-0.1, -0.05) is 12.1 Å². The summed E-state index contributed by atoms with van der Waals surface area (Å²) in [6.07, 6.45) is 0. The molecular weight excluding hydrogens is 265 g/mol. The zero-order valence-electron chi connectivity index (χ0n) is 11.8. The highest BCUT2D eigenvalue weighted by atomic mass is 19.1. The molecule has 1 aliphatic rings. The predicted molar refractivity (Wildman–Crippen MR) is 81.4 cm³/mol. The van der Waals surface area contributed by atoms with E-state index in [0.29, 0.717) is 5.69 Å². The molecule has 2 N–H and O–H groups in total. The van der Waals surface area contributed by atoms with Gasteiger partial charge in [0.2, 0.25) is 0 Å². The molecule has 2 aromatic rings. The summed E-state index contributed by atoms with van der Waals surface area (Å²) in [5.74, 6) is -0.678. The molecule has 2 aromatic carbocycles. The van der Waals surface area contributed by atoms with E-state index in [9.17, 15) is 9.65 Å². The fraction of sp³-hybridized carbons (Fsp3) is 0.235. The summed E-state index contributed by atoms with van der Waals surface area (Å²) in [7, 11) is 0. The van der Waals surface area contributed by atoms with Crippen LogP contribution in [0.1, 0.15) is 30.0 Å². The molecular formula is C17H16FN3. The van der Waals surface area contributed by atoms with Crippen molar-refractivity contribution in [3.63, 3.8) is 0 Å². The average Bonchev–Trinajstić information content (AvgIpc) is 2.80. The van der Waals surface area contributed by atoms with E-state index in [1.165, 1.54) is 12.1 Å². The molecule has 0 saturated heterocycles. The molecule has 0 saturated carbocycles. The lowest BCUT2D eigenvalue weighted by Gasteiger charge is -2.27. The Morgan fingerprint density at radius 1 is 1.24 bits per heavy atom. The van der Waals surface area contributed by atoms with E-state index in [0.717, 1.165) is 23.4 Å². The number of anilines is 2. The van der Waals surface area contributed by atoms with E-state index in [1.807, 2.05) is 31.2 Å². The Kier molecular flexibility index (Phi) is 3.26. The van der Waals surface area contributed by atoms with E-state index in [1.54, 1.807) is 6.07 Å². The number of nitriles is 1. The summed E-state index contributed by atoms with van der Waals surface area (Å²) in [5, 5.41) is 9.58. The molecule has 1 aliphatic heterocycles. The third-order valence-corrected chi connectivity index (χ3v) is 4.04. The number of rotatable bonds is 2. The van der Waals surface area contributed by atoms with Crippen LogP contribution in [0.2, 0.25) is 0 Å². The van der Waals surface area contributed by atoms with Crippen molar-refractivity contribution in [2.75, 3.05) is 17.2 Å². The summed E-state index contributed by atoms with van der Waals surface area (Å²) in [6, 6.07) is 14.5. The van der Waals surface area contributed by atoms with Gasteiger partial charge in [-0.2, -0.15) is 5.26 Å². The molecule has 3 rings (SSSR count). The second kappa shape index (κ2) is 5.10. The molecule has 1 heterocycles. The number of nitrogen functional groups attached to an aromatic ring is 1. The van der Waals surface area contributed by atoms with Crippen molar-refractivity contribution in [2.24, 2.45) is 0 Å². The zero-order valence-corrected chi connectivity index (χ0v) is 11.8. The highest BCUT2D eigenvalue weighted by Gasteiger charge is 2.39. The molecule has 0 aliphatic carbocycles. The summed E-state index contributed by atoms with van der Waals surface area (Å²) in [5.41, 5.74) is 9.15. The van der Waals surface area contributed by atoms with Gasteiger partial charge in [-0.05, 0) is 48.4 Å². The predicted octanol–water partition coefficient (Wildman–Crippen LogP) is 3.60. The van der Waals surface area contributed by atoms with Gasteiger partial charge in [-0.25, -0.2) is 4.39 Å². The van der Waals surface area contributed by atoms with Gasteiger partial charge < -0.3 is 10.6 Å². The van der Waals surface area contributed by atoms with Crippen LogP contribution in [-0.4, -0.2) is 6.54 Å². The molecule has 21 heavy (non-hydrogen) atoms. The van der Waals surface area contributed by atoms with Crippen molar-refractivity contribution in [2.45, 2.75) is 18.9 Å². The van der Waals surface area contributed by atoms with Gasteiger partial charge in [-0.3, -0.25) is 0 Å². The van der Waals surface area contributed by atoms with Gasteiger partial charge in [0.05, 0.1) is 18.0 Å². The first-order valence-corrected chi connectivity index (χ1v) is 6.97. The van der Waals surface area contributed by atoms with Crippen LogP contribution >= 0.6 is 0 Å². The standard InChI is InChI=1S/C17H16FN3/c1-2-21-16-8-5-12(18)9-14(16)15(10-19)17(21)11-3-6-13(20)7-4-11/h3-9,15,17H,2,20H2,1H3. The largest absolute Gasteiger partial charge is 0.399 e. The molecule has 0 bridgehead atoms. The minimum Gasteiger partial charge on any atom is -0.399 e. The van der Waals surface area contributed by atoms with Crippen molar-refractivity contribution in [3.8, 4) is 6.07 Å². The number of nitrogens with two attached hydrogens (primary N) is 1. The maximum atomic E-state index is 13.5. The lowest BCUT2D eigenvalue weighted by Crippen LogP contribution is -2.26. The van der Waals surface area contributed by atoms with E-state index in [-0.39, 0.29) is 17.8 Å². The smallest absolute Gasteiger partial charge is 0.123 e. The lowest BCUT2D eigenvalue weighted by molar-refractivity contribution is 0.618. The highest BCUT2D eigenvalue weighted by molar-refractivity contribution is 5.65. The normalized spacial score (nSPS) is 20.1. The Labute approximate surface area is 123 Å². The van der Waals surface area contributed by atoms with Crippen LogP contribution in [0.15, 0.2) is 42.5 Å². The molecule has 2 atom stereocenters. The van der Waals surface area contributed by atoms with Crippen LogP contribution in [0, 0.1) is 17.1 Å². The Balaban J connectivity index is 2.13. The number of benzene rings is 2. The van der Waals surface area contributed by atoms with Crippen molar-refractivity contribution < 1.29 is 4.39 Å². The molecule has 2 unspecified atom stereocenters. The number of hydrogen-bond donors (Lipinski definition) is 1. The van der Waals surface area contributed by atoms with Crippen molar-refractivity contribution >= 4 is 11.4 Å². The van der Waals surface area contributed by atoms with Crippen molar-refractivity contribution in [1.29, 1.82) is 5.26 Å². The van der Waals surface area contributed by atoms with Crippen molar-refractivity contribution in [1.82, 2.24) is 0 Å². The first kappa shape index (κ1) is 13.4. The van der Waals surface area contributed by atoms with Gasteiger partial charge in [0.15, 0.2) is 0 Å². The molecule has 106 valence electrons. The Hall–Kier alpha value is -2.54. The van der Waals surface area contributed by atoms with Crippen molar-refractivity contribution in [3.05, 3.63) is 59.4 Å². The summed E-state index contributed by atoms with van der Waals surface area (Å²) >= 11 is 0. The zero-order chi connectivity index (χ0) is 15.0. The molecule has 3 nitrogen and oxygen atoms in total. The van der Waals surface area contributed by atoms with Crippen LogP contribution in [0.25, 0.3) is 0 Å². The topological polar surface area (TPSA) is 53.0 Å². The molecule has 0 fully saturated rings. The number of likely N-dealkylation sites (N-methyl/N-ethyl adjacent to an activating group) is 1. The van der Waals surface area contributed by atoms with Gasteiger partial charge in [-0.15, -0.1) is 0 Å². The quantitative estimate of drug-likeness (QED) is 0.856. The summed E-state index contributed by atoms with van der Waals surface area (Å²) in [6.45, 7) is 2.79. The summed E-state index contributed by atoms with van der Waals surface area (Å²) in [4.78, 5) is 2.15. The van der Waals surface area contributed by atoms with E-state index >= 15 is 0 Å². The fourth-order valence-electron chi connectivity index (χ4n) is 3.11. The number of nitrogens with zero attached hydrogens (tertiary/aromatic N) is 2. The highest BCUT2D eigenvalue weighted by Crippen LogP contribution is 2.48. The first-order chi connectivity index (χ1) is 10.2. The van der Waals surface area contributed by atoms with Crippen LogP contribution < -0.4 is 10.6 Å². The van der Waals surface area contributed by atoms with E-state index in [2.05, 4.69) is 11.0 Å². The Morgan fingerprint density at radius 3 is 2.57 bits per heavy atom. The summed E-state index contributed by atoms with van der Waals surface area (Å²) < 4.78 is 13.5. The Bertz CT molecular complexity index is 703. The second-order valence-corrected chi connectivity index (χ2v) is 5.21. The molecule has 0 radical (unpaired) electrons. The van der Waals surface area contributed by atoms with Gasteiger partial charge >= 0.3 is 0 Å². The molecule has 0 amide bonds. The number of halogens is 1. The average molecular weight is 281 g/mol. The van der Waals surface area contributed by atoms with E-state index < -0.39 is 0 Å². The minimum absolute atomic E-state index is 0.0996. The molecule has 4 heteroatoms. The van der Waals surface area contributed by atoms with Crippen LogP contribution in [0.4, 0.5) is 15.8 Å². The monoisotopic (exact) mass is 281 g/mol. The third-order valence-electron chi connectivity index (χ3n) is 4.04. The van der Waals surface area contributed by atoms with Crippen LogP contribution in [-0.2, 0) is 0 Å². The SMILES string of the molecule is CCN1c2ccc(F)cc2C(C#N)C1c1ccc(N)cc1. The minimum atomic E-state index is -0.376. The maximum Gasteiger partial charge on any atom is 0.123 e. The van der Waals surface area contributed by atoms with E-state index in [4.69, 9.17) is 5.73 Å². The van der Waals surface area contributed by atoms with Gasteiger partial charge in [0.1, 0.15) is 5.82 Å². The second-order valence-electron chi connectivity index (χ2n) is 5.21. The van der Waals surface area contributed by atoms with Crippen LogP contribution in [0.3, 0.4) is 0 Å². The van der Waals surface area contributed by atoms with Crippen LogP contribution in [0.5, 0.6) is 0 Å². The maximum absolute atomic E-state index is 13.5.